The highest BCUT2D eigenvalue weighted by atomic mass is 16.1. The number of rotatable bonds is 7. The van der Waals surface area contributed by atoms with Gasteiger partial charge in [0.2, 0.25) is 0 Å². The highest BCUT2D eigenvalue weighted by Crippen LogP contribution is 2.38. The fraction of sp³-hybridized carbons (Fsp3) is 0.320. The van der Waals surface area contributed by atoms with Crippen molar-refractivity contribution in [3.8, 4) is 0 Å². The molecule has 0 radical (unpaired) electrons. The number of benzene rings is 2. The van der Waals surface area contributed by atoms with E-state index in [0.717, 1.165) is 18.4 Å². The molecule has 26 heavy (non-hydrogen) atoms. The summed E-state index contributed by atoms with van der Waals surface area (Å²) in [5.41, 5.74) is 6.18. The van der Waals surface area contributed by atoms with Crippen LogP contribution in [-0.2, 0) is 0 Å². The van der Waals surface area contributed by atoms with Crippen molar-refractivity contribution < 1.29 is 4.79 Å². The zero-order valence-corrected chi connectivity index (χ0v) is 16.0. The summed E-state index contributed by atoms with van der Waals surface area (Å²) in [4.78, 5) is 12.6. The number of carbonyl (C=O) groups is 1. The number of ketones is 1. The lowest BCUT2D eigenvalue weighted by Crippen LogP contribution is -2.06. The van der Waals surface area contributed by atoms with Crippen molar-refractivity contribution in [2.75, 3.05) is 0 Å². The lowest BCUT2D eigenvalue weighted by Gasteiger charge is -2.18. The van der Waals surface area contributed by atoms with Crippen LogP contribution < -0.4 is 0 Å². The molecule has 0 bridgehead atoms. The Morgan fingerprint density at radius 1 is 0.962 bits per heavy atom. The summed E-state index contributed by atoms with van der Waals surface area (Å²) < 4.78 is 0. The van der Waals surface area contributed by atoms with Gasteiger partial charge in [-0.1, -0.05) is 93.1 Å². The lowest BCUT2D eigenvalue weighted by atomic mass is 9.86. The Morgan fingerprint density at radius 3 is 2.27 bits per heavy atom. The Morgan fingerprint density at radius 2 is 1.65 bits per heavy atom. The van der Waals surface area contributed by atoms with Crippen molar-refractivity contribution in [2.24, 2.45) is 5.92 Å². The Labute approximate surface area is 157 Å². The molecule has 0 N–H and O–H groups in total. The maximum Gasteiger partial charge on any atom is 0.163 e. The van der Waals surface area contributed by atoms with Gasteiger partial charge in [-0.25, -0.2) is 0 Å². The molecule has 1 aliphatic carbocycles. The first-order valence-corrected chi connectivity index (χ1v) is 9.69. The van der Waals surface area contributed by atoms with Gasteiger partial charge in [0, 0.05) is 17.9 Å². The molecule has 0 aromatic heterocycles. The molecule has 0 saturated carbocycles. The van der Waals surface area contributed by atoms with Crippen LogP contribution in [0.15, 0.2) is 72.3 Å². The summed E-state index contributed by atoms with van der Waals surface area (Å²) in [5.74, 6) is 1.17. The predicted octanol–water partition coefficient (Wildman–Crippen LogP) is 6.82. The minimum Gasteiger partial charge on any atom is -0.294 e. The topological polar surface area (TPSA) is 17.1 Å². The average Bonchev–Trinajstić information content (AvgIpc) is 3.09. The van der Waals surface area contributed by atoms with E-state index >= 15 is 0 Å². The van der Waals surface area contributed by atoms with E-state index < -0.39 is 0 Å². The van der Waals surface area contributed by atoms with Gasteiger partial charge >= 0.3 is 0 Å². The lowest BCUT2D eigenvalue weighted by molar-refractivity contribution is 0.0982. The molecule has 2 aromatic rings. The van der Waals surface area contributed by atoms with Crippen LogP contribution >= 0.6 is 0 Å². The first-order valence-electron chi connectivity index (χ1n) is 9.69. The average molecular weight is 344 g/mol. The second-order valence-electron chi connectivity index (χ2n) is 7.39. The molecule has 0 heterocycles. The molecular weight excluding hydrogens is 316 g/mol. The van der Waals surface area contributed by atoms with E-state index in [1.165, 1.54) is 22.3 Å². The smallest absolute Gasteiger partial charge is 0.163 e. The van der Waals surface area contributed by atoms with Crippen LogP contribution in [0.1, 0.15) is 67.4 Å². The molecule has 3 rings (SSSR count). The van der Waals surface area contributed by atoms with E-state index in [-0.39, 0.29) is 5.78 Å². The van der Waals surface area contributed by atoms with E-state index in [0.29, 0.717) is 18.3 Å². The molecule has 134 valence electrons. The van der Waals surface area contributed by atoms with Gasteiger partial charge in [0.1, 0.15) is 0 Å². The van der Waals surface area contributed by atoms with Crippen LogP contribution in [0.4, 0.5) is 0 Å². The largest absolute Gasteiger partial charge is 0.294 e. The molecule has 2 aromatic carbocycles. The number of Topliss-reactive ketones (excluding diaryl/α,β-unsaturated/α-hetero) is 1. The summed E-state index contributed by atoms with van der Waals surface area (Å²) in [7, 11) is 0. The standard InChI is InChI=1S/C25H28O/c1-4-23-21(14-16-24(23)20-8-6-5-7-9-20)15-17-25(26)22-12-10-19(11-13-22)18(2)3/h5-14,16,18,23H,4,15,17H2,1-3H3. The Hall–Kier alpha value is -2.41. The minimum absolute atomic E-state index is 0.240. The summed E-state index contributed by atoms with van der Waals surface area (Å²) in [6, 6.07) is 18.7. The Kier molecular flexibility index (Phi) is 5.88. The molecule has 0 amide bonds. The Bertz CT molecular complexity index is 807. The highest BCUT2D eigenvalue weighted by Gasteiger charge is 2.23. The minimum atomic E-state index is 0.240. The SMILES string of the molecule is CCC1C(CCC(=O)c2ccc(C(C)C)cc2)=CC=C1c1ccccc1. The van der Waals surface area contributed by atoms with Crippen LogP contribution in [0.3, 0.4) is 0 Å². The normalized spacial score (nSPS) is 16.5. The number of hydrogen-bond acceptors (Lipinski definition) is 1. The number of hydrogen-bond donors (Lipinski definition) is 0. The van der Waals surface area contributed by atoms with E-state index in [4.69, 9.17) is 0 Å². The van der Waals surface area contributed by atoms with Gasteiger partial charge in [0.15, 0.2) is 5.78 Å². The van der Waals surface area contributed by atoms with E-state index in [1.54, 1.807) is 0 Å². The molecule has 1 atom stereocenters. The van der Waals surface area contributed by atoms with Gasteiger partial charge in [-0.05, 0) is 35.5 Å². The molecule has 1 heteroatoms. The van der Waals surface area contributed by atoms with Gasteiger partial charge in [0.05, 0.1) is 0 Å². The van der Waals surface area contributed by atoms with Gasteiger partial charge in [0.25, 0.3) is 0 Å². The third kappa shape index (κ3) is 4.04. The van der Waals surface area contributed by atoms with Crippen molar-refractivity contribution in [3.63, 3.8) is 0 Å². The summed E-state index contributed by atoms with van der Waals surface area (Å²) >= 11 is 0. The molecule has 1 aliphatic rings. The zero-order chi connectivity index (χ0) is 18.5. The quantitative estimate of drug-likeness (QED) is 0.503. The van der Waals surface area contributed by atoms with Crippen LogP contribution in [-0.4, -0.2) is 5.78 Å². The first kappa shape index (κ1) is 18.4. The molecule has 0 saturated heterocycles. The summed E-state index contributed by atoms with van der Waals surface area (Å²) in [5, 5.41) is 0. The van der Waals surface area contributed by atoms with Crippen molar-refractivity contribution in [2.45, 2.75) is 46.0 Å². The summed E-state index contributed by atoms with van der Waals surface area (Å²) in [6.45, 7) is 6.57. The number of allylic oxidation sites excluding steroid dienone is 4. The fourth-order valence-corrected chi connectivity index (χ4v) is 3.75. The number of carbonyl (C=O) groups excluding carboxylic acids is 1. The zero-order valence-electron chi connectivity index (χ0n) is 16.0. The van der Waals surface area contributed by atoms with E-state index in [2.05, 4.69) is 75.4 Å². The molecule has 0 fully saturated rings. The van der Waals surface area contributed by atoms with Crippen LogP contribution in [0.2, 0.25) is 0 Å². The predicted molar refractivity (Wildman–Crippen MR) is 110 cm³/mol. The maximum atomic E-state index is 12.6. The van der Waals surface area contributed by atoms with Gasteiger partial charge in [-0.2, -0.15) is 0 Å². The molecular formula is C25H28O. The molecule has 0 aliphatic heterocycles. The molecule has 1 unspecified atom stereocenters. The third-order valence-electron chi connectivity index (χ3n) is 5.36. The second kappa shape index (κ2) is 8.31. The van der Waals surface area contributed by atoms with Crippen molar-refractivity contribution in [1.82, 2.24) is 0 Å². The van der Waals surface area contributed by atoms with E-state index in [1.807, 2.05) is 12.1 Å². The third-order valence-corrected chi connectivity index (χ3v) is 5.36. The molecule has 1 nitrogen and oxygen atoms in total. The van der Waals surface area contributed by atoms with Gasteiger partial charge in [-0.3, -0.25) is 4.79 Å². The van der Waals surface area contributed by atoms with Crippen LogP contribution in [0.25, 0.3) is 5.57 Å². The monoisotopic (exact) mass is 344 g/mol. The maximum absolute atomic E-state index is 12.6. The second-order valence-corrected chi connectivity index (χ2v) is 7.39. The van der Waals surface area contributed by atoms with Gasteiger partial charge < -0.3 is 0 Å². The Balaban J connectivity index is 1.62. The van der Waals surface area contributed by atoms with Crippen LogP contribution in [0, 0.1) is 5.92 Å². The van der Waals surface area contributed by atoms with Gasteiger partial charge in [-0.15, -0.1) is 0 Å². The van der Waals surface area contributed by atoms with Crippen molar-refractivity contribution in [3.05, 3.63) is 89.0 Å². The van der Waals surface area contributed by atoms with E-state index in [9.17, 15) is 4.79 Å². The highest BCUT2D eigenvalue weighted by molar-refractivity contribution is 5.96. The first-order chi connectivity index (χ1) is 12.6. The van der Waals surface area contributed by atoms with Crippen LogP contribution in [0.5, 0.6) is 0 Å². The van der Waals surface area contributed by atoms with Crippen molar-refractivity contribution >= 4 is 11.4 Å². The van der Waals surface area contributed by atoms with Crippen molar-refractivity contribution in [1.29, 1.82) is 0 Å². The molecule has 0 spiro atoms. The fourth-order valence-electron chi connectivity index (χ4n) is 3.75. The summed E-state index contributed by atoms with van der Waals surface area (Å²) in [6.07, 6.45) is 6.96.